The molecule has 4 nitrogen and oxygen atoms in total. The summed E-state index contributed by atoms with van der Waals surface area (Å²) < 4.78 is 11.2. The van der Waals surface area contributed by atoms with Gasteiger partial charge in [0.15, 0.2) is 0 Å². The van der Waals surface area contributed by atoms with Gasteiger partial charge in [0, 0.05) is 49.1 Å². The van der Waals surface area contributed by atoms with Crippen LogP contribution in [0, 0.1) is 0 Å². The average molecular weight is 728 g/mol. The fourth-order valence-corrected chi connectivity index (χ4v) is 8.95. The van der Waals surface area contributed by atoms with Crippen molar-refractivity contribution in [3.63, 3.8) is 0 Å². The van der Waals surface area contributed by atoms with Crippen LogP contribution in [0.25, 0.3) is 111 Å². The summed E-state index contributed by atoms with van der Waals surface area (Å²) in [6.07, 6.45) is 0. The highest BCUT2D eigenvalue weighted by Crippen LogP contribution is 2.42. The molecule has 4 heterocycles. The number of rotatable bonds is 5. The Kier molecular flexibility index (Phi) is 6.89. The number of furan rings is 1. The molecule has 0 N–H and O–H groups in total. The minimum Gasteiger partial charge on any atom is -0.456 e. The molecule has 12 aromatic rings. The van der Waals surface area contributed by atoms with Crippen molar-refractivity contribution >= 4 is 65.6 Å². The van der Waals surface area contributed by atoms with Crippen LogP contribution in [0.1, 0.15) is 0 Å². The van der Waals surface area contributed by atoms with Crippen LogP contribution in [0.15, 0.2) is 205 Å². The summed E-state index contributed by atoms with van der Waals surface area (Å²) in [6, 6.07) is 71.4. The lowest BCUT2D eigenvalue weighted by Crippen LogP contribution is -1.98. The van der Waals surface area contributed by atoms with Gasteiger partial charge in [0.2, 0.25) is 0 Å². The maximum Gasteiger partial charge on any atom is 0.136 e. The van der Waals surface area contributed by atoms with Crippen LogP contribution in [0.2, 0.25) is 0 Å². The number of nitrogens with zero attached hydrogens (tertiary/aromatic N) is 3. The minimum absolute atomic E-state index is 0.851. The molecule has 0 saturated heterocycles. The Morgan fingerprint density at radius 2 is 0.860 bits per heavy atom. The van der Waals surface area contributed by atoms with E-state index in [1.807, 2.05) is 12.1 Å². The number of benzene rings is 8. The molecule has 8 aromatic carbocycles. The van der Waals surface area contributed by atoms with Gasteiger partial charge in [-0.15, -0.1) is 0 Å². The normalized spacial score (nSPS) is 11.9. The maximum absolute atomic E-state index is 6.38. The molecule has 0 atom stereocenters. The lowest BCUT2D eigenvalue weighted by atomic mass is 10.0. The molecule has 0 unspecified atom stereocenters. The van der Waals surface area contributed by atoms with E-state index in [1.165, 1.54) is 43.7 Å². The van der Waals surface area contributed by atoms with Gasteiger partial charge in [0.1, 0.15) is 11.2 Å². The molecule has 0 fully saturated rings. The van der Waals surface area contributed by atoms with E-state index in [-0.39, 0.29) is 0 Å². The molecule has 4 aromatic heterocycles. The quantitative estimate of drug-likeness (QED) is 0.177. The maximum atomic E-state index is 6.38. The topological polar surface area (TPSA) is 35.9 Å². The highest BCUT2D eigenvalue weighted by molar-refractivity contribution is 6.19. The zero-order valence-corrected chi connectivity index (χ0v) is 30.8. The van der Waals surface area contributed by atoms with E-state index in [0.29, 0.717) is 0 Å². The van der Waals surface area contributed by atoms with Gasteiger partial charge in [0.25, 0.3) is 0 Å². The first-order valence-electron chi connectivity index (χ1n) is 19.4. The van der Waals surface area contributed by atoms with Crippen molar-refractivity contribution in [1.82, 2.24) is 14.1 Å². The number of fused-ring (bicyclic) bond motifs is 9. The van der Waals surface area contributed by atoms with Crippen LogP contribution in [0.3, 0.4) is 0 Å². The molecular weight excluding hydrogens is 695 g/mol. The highest BCUT2D eigenvalue weighted by Gasteiger charge is 2.21. The summed E-state index contributed by atoms with van der Waals surface area (Å²) in [5, 5.41) is 7.00. The minimum atomic E-state index is 0.851. The van der Waals surface area contributed by atoms with E-state index < -0.39 is 0 Å². The highest BCUT2D eigenvalue weighted by atomic mass is 16.3. The van der Waals surface area contributed by atoms with E-state index in [2.05, 4.69) is 197 Å². The van der Waals surface area contributed by atoms with Gasteiger partial charge >= 0.3 is 0 Å². The van der Waals surface area contributed by atoms with Crippen molar-refractivity contribution in [3.05, 3.63) is 200 Å². The Labute approximate surface area is 328 Å². The Balaban J connectivity index is 1.15. The van der Waals surface area contributed by atoms with Crippen LogP contribution in [-0.4, -0.2) is 14.1 Å². The molecular formula is C53H33N3O. The van der Waals surface area contributed by atoms with Crippen LogP contribution in [0.5, 0.6) is 0 Å². The van der Waals surface area contributed by atoms with Gasteiger partial charge in [-0.05, 0) is 71.8 Å². The van der Waals surface area contributed by atoms with Crippen molar-refractivity contribution in [2.24, 2.45) is 0 Å². The second kappa shape index (κ2) is 12.4. The molecule has 0 aliphatic rings. The Morgan fingerprint density at radius 1 is 0.333 bits per heavy atom. The predicted molar refractivity (Wildman–Crippen MR) is 237 cm³/mol. The van der Waals surface area contributed by atoms with Crippen molar-refractivity contribution in [2.75, 3.05) is 0 Å². The Hall–Kier alpha value is -7.69. The summed E-state index contributed by atoms with van der Waals surface area (Å²) in [6.45, 7) is 0. The number of aromatic nitrogens is 3. The zero-order chi connectivity index (χ0) is 37.5. The van der Waals surface area contributed by atoms with Gasteiger partial charge < -0.3 is 13.6 Å². The van der Waals surface area contributed by atoms with E-state index in [0.717, 1.165) is 66.9 Å². The fraction of sp³-hybridized carbons (Fsp3) is 0. The molecule has 266 valence electrons. The predicted octanol–water partition coefficient (Wildman–Crippen LogP) is 14.2. The van der Waals surface area contributed by atoms with Crippen molar-refractivity contribution in [3.8, 4) is 45.0 Å². The summed E-state index contributed by atoms with van der Waals surface area (Å²) in [4.78, 5) is 5.45. The third kappa shape index (κ3) is 4.91. The SMILES string of the molecule is c1ccc(-c2ccc(-c3cc(-n4c5ccccc5c5cc6c(cc54)c4ccccc4n6-c4ccccc4)cc(-c4cccc5oc6ccccc6c45)n3)cc2)cc1. The van der Waals surface area contributed by atoms with Crippen LogP contribution in [0.4, 0.5) is 0 Å². The third-order valence-electron chi connectivity index (χ3n) is 11.5. The number of pyridine rings is 1. The standard InChI is InChI=1S/C53H33N3O/c1-3-14-34(15-4-1)35-26-28-36(29-27-35)45-30-38(31-46(54-45)41-21-13-25-52-53(41)42-20-9-12-24-51(42)57-52)56-48-23-11-8-19-40(48)44-32-49-43(33-50(44)56)39-18-7-10-22-47(39)55(49)37-16-5-2-6-17-37/h1-33H. The Morgan fingerprint density at radius 3 is 1.56 bits per heavy atom. The number of para-hydroxylation sites is 4. The third-order valence-corrected chi connectivity index (χ3v) is 11.5. The summed E-state index contributed by atoms with van der Waals surface area (Å²) in [7, 11) is 0. The molecule has 0 amide bonds. The van der Waals surface area contributed by atoms with Crippen molar-refractivity contribution in [1.29, 1.82) is 0 Å². The molecule has 0 radical (unpaired) electrons. The Bertz CT molecular complexity index is 3500. The zero-order valence-electron chi connectivity index (χ0n) is 30.8. The number of hydrogen-bond donors (Lipinski definition) is 0. The van der Waals surface area contributed by atoms with E-state index in [4.69, 9.17) is 9.40 Å². The van der Waals surface area contributed by atoms with Gasteiger partial charge in [0.05, 0.1) is 39.1 Å². The molecule has 0 bridgehead atoms. The van der Waals surface area contributed by atoms with Crippen LogP contribution >= 0.6 is 0 Å². The summed E-state index contributed by atoms with van der Waals surface area (Å²) in [5.74, 6) is 0. The lowest BCUT2D eigenvalue weighted by Gasteiger charge is -2.14. The first-order chi connectivity index (χ1) is 28.3. The van der Waals surface area contributed by atoms with Gasteiger partial charge in [-0.3, -0.25) is 0 Å². The fourth-order valence-electron chi connectivity index (χ4n) is 8.95. The summed E-state index contributed by atoms with van der Waals surface area (Å²) in [5.41, 5.74) is 14.8. The van der Waals surface area contributed by atoms with Crippen molar-refractivity contribution < 1.29 is 4.42 Å². The van der Waals surface area contributed by atoms with Gasteiger partial charge in [-0.2, -0.15) is 0 Å². The van der Waals surface area contributed by atoms with Crippen LogP contribution < -0.4 is 0 Å². The molecule has 12 rings (SSSR count). The summed E-state index contributed by atoms with van der Waals surface area (Å²) >= 11 is 0. The smallest absolute Gasteiger partial charge is 0.136 e. The molecule has 0 aliphatic heterocycles. The second-order valence-corrected chi connectivity index (χ2v) is 14.7. The van der Waals surface area contributed by atoms with E-state index >= 15 is 0 Å². The molecule has 0 saturated carbocycles. The average Bonchev–Trinajstić information content (AvgIpc) is 3.93. The molecule has 4 heteroatoms. The van der Waals surface area contributed by atoms with Crippen molar-refractivity contribution in [2.45, 2.75) is 0 Å². The molecule has 0 spiro atoms. The lowest BCUT2D eigenvalue weighted by molar-refractivity contribution is 0.669. The monoisotopic (exact) mass is 727 g/mol. The first kappa shape index (κ1) is 31.6. The second-order valence-electron chi connectivity index (χ2n) is 14.7. The molecule has 0 aliphatic carbocycles. The van der Waals surface area contributed by atoms with Gasteiger partial charge in [-0.25, -0.2) is 4.98 Å². The largest absolute Gasteiger partial charge is 0.456 e. The molecule has 57 heavy (non-hydrogen) atoms. The van der Waals surface area contributed by atoms with Gasteiger partial charge in [-0.1, -0.05) is 140 Å². The first-order valence-corrected chi connectivity index (χ1v) is 19.4. The van der Waals surface area contributed by atoms with Crippen LogP contribution in [-0.2, 0) is 0 Å². The number of hydrogen-bond acceptors (Lipinski definition) is 2. The van der Waals surface area contributed by atoms with E-state index in [9.17, 15) is 0 Å². The van der Waals surface area contributed by atoms with E-state index in [1.54, 1.807) is 0 Å².